The molecule has 0 radical (unpaired) electrons. The van der Waals surface area contributed by atoms with Crippen LogP contribution in [0.25, 0.3) is 0 Å². The van der Waals surface area contributed by atoms with E-state index in [2.05, 4.69) is 0 Å². The average molecular weight is 282 g/mol. The van der Waals surface area contributed by atoms with Crippen LogP contribution in [-0.2, 0) is 6.61 Å². The molecule has 2 heteroatoms. The lowest BCUT2D eigenvalue weighted by Gasteiger charge is -2.21. The van der Waals surface area contributed by atoms with Crippen LogP contribution in [-0.4, -0.2) is 5.78 Å². The van der Waals surface area contributed by atoms with E-state index in [9.17, 15) is 4.79 Å². The lowest BCUT2D eigenvalue weighted by molar-refractivity contribution is 0.0832. The van der Waals surface area contributed by atoms with E-state index in [0.717, 1.165) is 17.7 Å². The van der Waals surface area contributed by atoms with Crippen LogP contribution in [0.5, 0.6) is 5.75 Å². The molecule has 0 aromatic heterocycles. The molecule has 2 nitrogen and oxygen atoms in total. The molecule has 0 N–H and O–H groups in total. The van der Waals surface area contributed by atoms with Crippen LogP contribution in [0.4, 0.5) is 0 Å². The molecule has 0 aliphatic heterocycles. The van der Waals surface area contributed by atoms with Crippen molar-refractivity contribution in [1.29, 1.82) is 0 Å². The van der Waals surface area contributed by atoms with Crippen LogP contribution < -0.4 is 4.74 Å². The van der Waals surface area contributed by atoms with Crippen LogP contribution in [0, 0.1) is 5.41 Å². The maximum Gasteiger partial charge on any atom is 0.168 e. The van der Waals surface area contributed by atoms with Crippen molar-refractivity contribution in [2.75, 3.05) is 0 Å². The molecule has 0 aliphatic carbocycles. The predicted octanol–water partition coefficient (Wildman–Crippen LogP) is 4.88. The Labute approximate surface area is 126 Å². The fraction of sp³-hybridized carbons (Fsp3) is 0.316. The highest BCUT2D eigenvalue weighted by molar-refractivity contribution is 6.00. The van der Waals surface area contributed by atoms with E-state index in [0.29, 0.717) is 12.2 Å². The third kappa shape index (κ3) is 3.94. The number of ether oxygens (including phenoxy) is 1. The summed E-state index contributed by atoms with van der Waals surface area (Å²) in [6.45, 7) is 6.50. The normalized spacial score (nSPS) is 11.2. The molecule has 0 fully saturated rings. The number of Topliss-reactive ketones (excluding diaryl/α,β-unsaturated/α-hetero) is 1. The second-order valence-corrected chi connectivity index (χ2v) is 5.87. The monoisotopic (exact) mass is 282 g/mol. The highest BCUT2D eigenvalue weighted by Gasteiger charge is 2.26. The lowest BCUT2D eigenvalue weighted by Crippen LogP contribution is -2.23. The number of ketones is 1. The van der Waals surface area contributed by atoms with E-state index < -0.39 is 0 Å². The highest BCUT2D eigenvalue weighted by atomic mass is 16.5. The molecular weight excluding hydrogens is 260 g/mol. The lowest BCUT2D eigenvalue weighted by atomic mass is 9.82. The van der Waals surface area contributed by atoms with Gasteiger partial charge in [-0.15, -0.1) is 0 Å². The highest BCUT2D eigenvalue weighted by Crippen LogP contribution is 2.27. The number of hydrogen-bond donors (Lipinski definition) is 0. The minimum Gasteiger partial charge on any atom is -0.489 e. The maximum absolute atomic E-state index is 12.5. The fourth-order valence-corrected chi connectivity index (χ4v) is 2.02. The molecule has 0 unspecified atom stereocenters. The molecule has 0 bridgehead atoms. The number of rotatable bonds is 6. The van der Waals surface area contributed by atoms with Gasteiger partial charge in [0.15, 0.2) is 5.78 Å². The van der Waals surface area contributed by atoms with Gasteiger partial charge in [-0.25, -0.2) is 0 Å². The van der Waals surface area contributed by atoms with Crippen LogP contribution >= 0.6 is 0 Å². The van der Waals surface area contributed by atoms with E-state index in [-0.39, 0.29) is 11.2 Å². The summed E-state index contributed by atoms with van der Waals surface area (Å²) in [5.41, 5.74) is 1.49. The van der Waals surface area contributed by atoms with Crippen molar-refractivity contribution in [2.24, 2.45) is 5.41 Å². The molecule has 0 amide bonds. The Morgan fingerprint density at radius 2 is 1.76 bits per heavy atom. The van der Waals surface area contributed by atoms with Gasteiger partial charge in [-0.1, -0.05) is 63.2 Å². The van der Waals surface area contributed by atoms with Gasteiger partial charge in [0.2, 0.25) is 0 Å². The van der Waals surface area contributed by atoms with Crippen LogP contribution in [0.2, 0.25) is 0 Å². The summed E-state index contributed by atoms with van der Waals surface area (Å²) in [6, 6.07) is 17.5. The number of hydrogen-bond acceptors (Lipinski definition) is 2. The summed E-state index contributed by atoms with van der Waals surface area (Å²) in [7, 11) is 0. The minimum atomic E-state index is -0.335. The zero-order valence-electron chi connectivity index (χ0n) is 12.9. The first kappa shape index (κ1) is 15.3. The molecule has 0 atom stereocenters. The van der Waals surface area contributed by atoms with Gasteiger partial charge in [-0.05, 0) is 24.1 Å². The topological polar surface area (TPSA) is 26.3 Å². The van der Waals surface area contributed by atoms with Crippen molar-refractivity contribution in [1.82, 2.24) is 0 Å². The van der Waals surface area contributed by atoms with E-state index in [1.54, 1.807) is 0 Å². The first-order valence-corrected chi connectivity index (χ1v) is 7.34. The SMILES string of the molecule is CCC(C)(C)C(=O)c1cccc(OCc2ccccc2)c1. The maximum atomic E-state index is 12.5. The Morgan fingerprint density at radius 3 is 2.43 bits per heavy atom. The summed E-state index contributed by atoms with van der Waals surface area (Å²) in [5.74, 6) is 0.895. The second kappa shape index (κ2) is 6.57. The van der Waals surface area contributed by atoms with Gasteiger partial charge < -0.3 is 4.74 Å². The van der Waals surface area contributed by atoms with Crippen molar-refractivity contribution >= 4 is 5.78 Å². The molecule has 0 saturated carbocycles. The summed E-state index contributed by atoms with van der Waals surface area (Å²) in [5, 5.41) is 0. The van der Waals surface area contributed by atoms with Crippen molar-refractivity contribution in [3.8, 4) is 5.75 Å². The Balaban J connectivity index is 2.09. The van der Waals surface area contributed by atoms with Crippen LogP contribution in [0.3, 0.4) is 0 Å². The van der Waals surface area contributed by atoms with E-state index >= 15 is 0 Å². The van der Waals surface area contributed by atoms with Crippen molar-refractivity contribution < 1.29 is 9.53 Å². The van der Waals surface area contributed by atoms with Gasteiger partial charge in [0.1, 0.15) is 12.4 Å². The first-order chi connectivity index (χ1) is 10.0. The third-order valence-electron chi connectivity index (χ3n) is 3.84. The number of carbonyl (C=O) groups excluding carboxylic acids is 1. The molecule has 0 heterocycles. The molecule has 0 spiro atoms. The first-order valence-electron chi connectivity index (χ1n) is 7.34. The minimum absolute atomic E-state index is 0.162. The van der Waals surface area contributed by atoms with E-state index in [1.807, 2.05) is 75.4 Å². The third-order valence-corrected chi connectivity index (χ3v) is 3.84. The molecule has 2 aromatic rings. The molecule has 110 valence electrons. The second-order valence-electron chi connectivity index (χ2n) is 5.87. The smallest absolute Gasteiger partial charge is 0.168 e. The standard InChI is InChI=1S/C19H22O2/c1-4-19(2,3)18(20)16-11-8-12-17(13-16)21-14-15-9-6-5-7-10-15/h5-13H,4,14H2,1-3H3. The molecular formula is C19H22O2. The zero-order chi connectivity index (χ0) is 15.3. The summed E-state index contributed by atoms with van der Waals surface area (Å²) < 4.78 is 5.78. The quantitative estimate of drug-likeness (QED) is 0.705. The molecule has 0 aliphatic rings. The Hall–Kier alpha value is -2.09. The fourth-order valence-electron chi connectivity index (χ4n) is 2.02. The van der Waals surface area contributed by atoms with Crippen molar-refractivity contribution in [3.05, 3.63) is 65.7 Å². The molecule has 2 rings (SSSR count). The van der Waals surface area contributed by atoms with Crippen LogP contribution in [0.15, 0.2) is 54.6 Å². The van der Waals surface area contributed by atoms with Crippen molar-refractivity contribution in [2.45, 2.75) is 33.8 Å². The summed E-state index contributed by atoms with van der Waals surface area (Å²) >= 11 is 0. The van der Waals surface area contributed by atoms with Crippen molar-refractivity contribution in [3.63, 3.8) is 0 Å². The Morgan fingerprint density at radius 1 is 1.05 bits per heavy atom. The van der Waals surface area contributed by atoms with Crippen LogP contribution in [0.1, 0.15) is 43.1 Å². The molecule has 2 aromatic carbocycles. The Kier molecular flexibility index (Phi) is 4.79. The average Bonchev–Trinajstić information content (AvgIpc) is 2.53. The van der Waals surface area contributed by atoms with E-state index in [4.69, 9.17) is 4.74 Å². The van der Waals surface area contributed by atoms with Gasteiger partial charge in [-0.3, -0.25) is 4.79 Å². The molecule has 21 heavy (non-hydrogen) atoms. The molecule has 0 saturated heterocycles. The largest absolute Gasteiger partial charge is 0.489 e. The summed E-state index contributed by atoms with van der Waals surface area (Å²) in [4.78, 5) is 12.5. The van der Waals surface area contributed by atoms with Gasteiger partial charge in [0.05, 0.1) is 0 Å². The predicted molar refractivity (Wildman–Crippen MR) is 85.6 cm³/mol. The summed E-state index contributed by atoms with van der Waals surface area (Å²) in [6.07, 6.45) is 0.820. The number of carbonyl (C=O) groups is 1. The van der Waals surface area contributed by atoms with Gasteiger partial charge in [0, 0.05) is 11.0 Å². The van der Waals surface area contributed by atoms with Gasteiger partial charge in [0.25, 0.3) is 0 Å². The Bertz CT molecular complexity index is 600. The van der Waals surface area contributed by atoms with E-state index in [1.165, 1.54) is 0 Å². The van der Waals surface area contributed by atoms with Gasteiger partial charge in [-0.2, -0.15) is 0 Å². The zero-order valence-corrected chi connectivity index (χ0v) is 12.9. The van der Waals surface area contributed by atoms with Gasteiger partial charge >= 0.3 is 0 Å². The number of benzene rings is 2.